The van der Waals surface area contributed by atoms with E-state index in [9.17, 15) is 18.0 Å². The molecule has 28 heavy (non-hydrogen) atoms. The lowest BCUT2D eigenvalue weighted by Gasteiger charge is -2.11. The highest BCUT2D eigenvalue weighted by Crippen LogP contribution is 2.10. The van der Waals surface area contributed by atoms with Crippen LogP contribution in [0.25, 0.3) is 0 Å². The molecule has 0 rings (SSSR count). The summed E-state index contributed by atoms with van der Waals surface area (Å²) in [4.78, 5) is 23.1. The van der Waals surface area contributed by atoms with Crippen LogP contribution in [0, 0.1) is 11.8 Å². The van der Waals surface area contributed by atoms with E-state index in [1.807, 2.05) is 13.8 Å². The summed E-state index contributed by atoms with van der Waals surface area (Å²) < 4.78 is 50.1. The smallest absolute Gasteiger partial charge is 0.309 e. The lowest BCUT2D eigenvalue weighted by atomic mass is 10.1. The molecule has 0 fully saturated rings. The van der Waals surface area contributed by atoms with Crippen molar-refractivity contribution >= 4 is 33.8 Å². The molecule has 0 saturated heterocycles. The van der Waals surface area contributed by atoms with Gasteiger partial charge in [-0.15, -0.1) is 0 Å². The fourth-order valence-electron chi connectivity index (χ4n) is 1.69. The number of carbonyl (C=O) groups is 2. The molecule has 1 N–H and O–H groups in total. The predicted molar refractivity (Wildman–Crippen MR) is 106 cm³/mol. The first-order chi connectivity index (χ1) is 13.2. The van der Waals surface area contributed by atoms with Gasteiger partial charge in [-0.1, -0.05) is 20.8 Å². The Labute approximate surface area is 171 Å². The zero-order chi connectivity index (χ0) is 21.4. The van der Waals surface area contributed by atoms with Crippen LogP contribution in [0.5, 0.6) is 0 Å². The number of ether oxygens (including phenoxy) is 4. The summed E-state index contributed by atoms with van der Waals surface area (Å²) in [5.74, 6) is -0.270. The van der Waals surface area contributed by atoms with Gasteiger partial charge in [0.05, 0.1) is 37.4 Å². The van der Waals surface area contributed by atoms with Crippen molar-refractivity contribution in [1.82, 2.24) is 0 Å². The predicted octanol–water partition coefficient (Wildman–Crippen LogP) is 1.76. The molecule has 0 aliphatic rings. The summed E-state index contributed by atoms with van der Waals surface area (Å²) in [7, 11) is -4.02. The summed E-state index contributed by atoms with van der Waals surface area (Å²) >= 11 is 1.52. The van der Waals surface area contributed by atoms with Crippen LogP contribution < -0.4 is 0 Å². The van der Waals surface area contributed by atoms with Gasteiger partial charge in [-0.3, -0.25) is 14.1 Å². The number of hydrogen-bond acceptors (Lipinski definition) is 9. The topological polar surface area (TPSA) is 125 Å². The summed E-state index contributed by atoms with van der Waals surface area (Å²) in [6.45, 7) is 6.45. The van der Waals surface area contributed by atoms with E-state index in [2.05, 4.69) is 0 Å². The molecule has 9 nitrogen and oxygen atoms in total. The van der Waals surface area contributed by atoms with Gasteiger partial charge in [-0.25, -0.2) is 0 Å². The van der Waals surface area contributed by atoms with Crippen LogP contribution in [0.3, 0.4) is 0 Å². The largest absolute Gasteiger partial charge is 0.465 e. The zero-order valence-electron chi connectivity index (χ0n) is 16.8. The third-order valence-electron chi connectivity index (χ3n) is 3.59. The Morgan fingerprint density at radius 2 is 1.57 bits per heavy atom. The average Bonchev–Trinajstić information content (AvgIpc) is 2.64. The molecule has 11 heteroatoms. The molecule has 0 aromatic rings. The van der Waals surface area contributed by atoms with Crippen LogP contribution in [0.1, 0.15) is 33.6 Å². The molecule has 0 saturated carbocycles. The van der Waals surface area contributed by atoms with E-state index >= 15 is 0 Å². The second-order valence-electron chi connectivity index (χ2n) is 6.19. The first kappa shape index (κ1) is 27.1. The fourth-order valence-corrected chi connectivity index (χ4v) is 3.06. The van der Waals surface area contributed by atoms with Gasteiger partial charge in [0.25, 0.3) is 10.1 Å². The van der Waals surface area contributed by atoms with E-state index < -0.39 is 21.8 Å². The van der Waals surface area contributed by atoms with Crippen LogP contribution in [-0.4, -0.2) is 75.4 Å². The Hall–Kier alpha value is -0.880. The van der Waals surface area contributed by atoms with Crippen molar-refractivity contribution in [3.63, 3.8) is 0 Å². The molecule has 2 atom stereocenters. The Morgan fingerprint density at radius 3 is 2.21 bits per heavy atom. The van der Waals surface area contributed by atoms with Crippen LogP contribution in [-0.2, 0) is 38.7 Å². The van der Waals surface area contributed by atoms with Crippen LogP contribution >= 0.6 is 11.8 Å². The van der Waals surface area contributed by atoms with E-state index in [0.717, 1.165) is 6.42 Å². The van der Waals surface area contributed by atoms with Crippen molar-refractivity contribution in [3.05, 3.63) is 0 Å². The van der Waals surface area contributed by atoms with Gasteiger partial charge in [0.1, 0.15) is 13.4 Å². The van der Waals surface area contributed by atoms with E-state index in [1.54, 1.807) is 6.92 Å². The van der Waals surface area contributed by atoms with Crippen molar-refractivity contribution in [2.75, 3.05) is 50.5 Å². The molecular formula is C17H32O9S2. The van der Waals surface area contributed by atoms with Crippen molar-refractivity contribution < 1.29 is 41.5 Å². The van der Waals surface area contributed by atoms with Gasteiger partial charge in [-0.2, -0.15) is 20.2 Å². The fraction of sp³-hybridized carbons (Fsp3) is 0.882. The molecule has 0 heterocycles. The Balaban J connectivity index is 3.50. The highest BCUT2D eigenvalue weighted by atomic mass is 32.2. The molecular weight excluding hydrogens is 412 g/mol. The minimum atomic E-state index is -4.02. The standard InChI is InChI=1S/C17H32O9S2/c1-4-14(2)16(18)26-8-7-23-13-24-9-10-27-12-15(3)17(19)25-6-5-11-28(20,21)22/h14-15H,4-13H2,1-3H3,(H,20,21,22). The maximum Gasteiger partial charge on any atom is 0.309 e. The van der Waals surface area contributed by atoms with Gasteiger partial charge in [0.15, 0.2) is 0 Å². The highest BCUT2D eigenvalue weighted by molar-refractivity contribution is 7.99. The number of carbonyl (C=O) groups excluding carboxylic acids is 2. The molecule has 0 aliphatic heterocycles. The van der Waals surface area contributed by atoms with Crippen molar-refractivity contribution in [3.8, 4) is 0 Å². The molecule has 2 unspecified atom stereocenters. The monoisotopic (exact) mass is 444 g/mol. The zero-order valence-corrected chi connectivity index (χ0v) is 18.4. The lowest BCUT2D eigenvalue weighted by Crippen LogP contribution is -2.19. The SMILES string of the molecule is CCC(C)C(=O)OCCOCOCCSCC(C)C(=O)OCCCS(=O)(=O)O. The lowest BCUT2D eigenvalue weighted by molar-refractivity contribution is -0.151. The van der Waals surface area contributed by atoms with Gasteiger partial charge in [0.2, 0.25) is 0 Å². The number of rotatable bonds is 17. The first-order valence-electron chi connectivity index (χ1n) is 9.19. The molecule has 0 radical (unpaired) electrons. The van der Waals surface area contributed by atoms with Gasteiger partial charge in [-0.05, 0) is 12.8 Å². The number of esters is 2. The quantitative estimate of drug-likeness (QED) is 0.153. The van der Waals surface area contributed by atoms with E-state index in [-0.39, 0.29) is 50.8 Å². The van der Waals surface area contributed by atoms with Gasteiger partial charge >= 0.3 is 11.9 Å². The third-order valence-corrected chi connectivity index (χ3v) is 5.58. The minimum absolute atomic E-state index is 0.0409. The average molecular weight is 445 g/mol. The molecule has 0 aromatic heterocycles. The van der Waals surface area contributed by atoms with Crippen molar-refractivity contribution in [2.45, 2.75) is 33.6 Å². The summed E-state index contributed by atoms with van der Waals surface area (Å²) in [5.41, 5.74) is 0. The van der Waals surface area contributed by atoms with Crippen molar-refractivity contribution in [1.29, 1.82) is 0 Å². The maximum atomic E-state index is 11.7. The van der Waals surface area contributed by atoms with Crippen LogP contribution in [0.15, 0.2) is 0 Å². The Bertz CT molecular complexity index is 537. The van der Waals surface area contributed by atoms with Gasteiger partial charge < -0.3 is 18.9 Å². The summed E-state index contributed by atoms with van der Waals surface area (Å²) in [5, 5.41) is 0. The molecule has 0 spiro atoms. The molecule has 0 aliphatic carbocycles. The Kier molecular flexibility index (Phi) is 15.5. The molecule has 0 amide bonds. The maximum absolute atomic E-state index is 11.7. The van der Waals surface area contributed by atoms with E-state index in [4.69, 9.17) is 23.5 Å². The summed E-state index contributed by atoms with van der Waals surface area (Å²) in [6, 6.07) is 0. The first-order valence-corrected chi connectivity index (χ1v) is 12.0. The second kappa shape index (κ2) is 16.0. The highest BCUT2D eigenvalue weighted by Gasteiger charge is 2.15. The van der Waals surface area contributed by atoms with Crippen LogP contribution in [0.4, 0.5) is 0 Å². The van der Waals surface area contributed by atoms with Crippen molar-refractivity contribution in [2.24, 2.45) is 11.8 Å². The molecule has 0 aromatic carbocycles. The Morgan fingerprint density at radius 1 is 0.964 bits per heavy atom. The minimum Gasteiger partial charge on any atom is -0.465 e. The number of thioether (sulfide) groups is 1. The van der Waals surface area contributed by atoms with E-state index in [0.29, 0.717) is 18.1 Å². The van der Waals surface area contributed by atoms with Crippen LogP contribution in [0.2, 0.25) is 0 Å². The molecule has 166 valence electrons. The second-order valence-corrected chi connectivity index (χ2v) is 8.92. The number of hydrogen-bond donors (Lipinski definition) is 1. The summed E-state index contributed by atoms with van der Waals surface area (Å²) in [6.07, 6.45) is 0.806. The van der Waals surface area contributed by atoms with E-state index in [1.165, 1.54) is 11.8 Å². The normalized spacial score (nSPS) is 13.7. The van der Waals surface area contributed by atoms with Gasteiger partial charge in [0, 0.05) is 11.5 Å². The molecule has 0 bridgehead atoms. The third kappa shape index (κ3) is 16.1.